The molecule has 0 spiro atoms. The Hall–Kier alpha value is -5.82. The molecule has 0 fully saturated rings. The zero-order valence-corrected chi connectivity index (χ0v) is 26.0. The monoisotopic (exact) mass is 681 g/mol. The number of aromatic nitrogens is 2. The van der Waals surface area contributed by atoms with Gasteiger partial charge in [0.2, 0.25) is 11.6 Å². The van der Waals surface area contributed by atoms with Crippen molar-refractivity contribution in [3.8, 4) is 23.1 Å². The van der Waals surface area contributed by atoms with Crippen LogP contribution in [0.4, 0.5) is 11.4 Å². The van der Waals surface area contributed by atoms with E-state index in [1.54, 1.807) is 67.8 Å². The second-order valence-corrected chi connectivity index (χ2v) is 11.0. The highest BCUT2D eigenvalue weighted by molar-refractivity contribution is 9.10. The molecule has 12 nitrogen and oxygen atoms in total. The first kappa shape index (κ1) is 30.2. The summed E-state index contributed by atoms with van der Waals surface area (Å²) in [5, 5.41) is 20.1. The van der Waals surface area contributed by atoms with E-state index in [-0.39, 0.29) is 27.4 Å². The van der Waals surface area contributed by atoms with Crippen LogP contribution >= 0.6 is 15.9 Å². The molecule has 2 heterocycles. The summed E-state index contributed by atoms with van der Waals surface area (Å²) in [5.74, 6) is 0.334. The first-order valence-corrected chi connectivity index (χ1v) is 14.6. The fourth-order valence-electron chi connectivity index (χ4n) is 4.76. The van der Waals surface area contributed by atoms with E-state index in [9.17, 15) is 19.7 Å². The third-order valence-electron chi connectivity index (χ3n) is 6.96. The third-order valence-corrected chi connectivity index (χ3v) is 7.55. The van der Waals surface area contributed by atoms with Crippen molar-refractivity contribution in [2.45, 2.75) is 6.92 Å². The van der Waals surface area contributed by atoms with E-state index < -0.39 is 28.7 Å². The van der Waals surface area contributed by atoms with Gasteiger partial charge in [-0.25, -0.2) is 4.98 Å². The molecule has 0 saturated heterocycles. The van der Waals surface area contributed by atoms with E-state index in [0.29, 0.717) is 33.3 Å². The van der Waals surface area contributed by atoms with Gasteiger partial charge in [-0.05, 0) is 71.4 Å². The first-order chi connectivity index (χ1) is 22.2. The number of halogens is 1. The predicted molar refractivity (Wildman–Crippen MR) is 177 cm³/mol. The molecule has 0 unspecified atom stereocenters. The molecule has 0 aliphatic heterocycles. The molecule has 230 valence electrons. The molecule has 6 rings (SSSR count). The highest BCUT2D eigenvalue weighted by Crippen LogP contribution is 2.36. The number of carbonyl (C=O) groups is 1. The van der Waals surface area contributed by atoms with Crippen molar-refractivity contribution >= 4 is 61.3 Å². The Morgan fingerprint density at radius 2 is 1.87 bits per heavy atom. The van der Waals surface area contributed by atoms with Crippen LogP contribution in [0.5, 0.6) is 11.5 Å². The fraction of sp³-hybridized carbons (Fsp3) is 0.0909. The molecule has 46 heavy (non-hydrogen) atoms. The van der Waals surface area contributed by atoms with Crippen LogP contribution in [0.25, 0.3) is 33.5 Å². The number of nitrogens with one attached hydrogen (secondary N) is 1. The Morgan fingerprint density at radius 3 is 2.63 bits per heavy atom. The molecule has 0 radical (unpaired) electrons. The third kappa shape index (κ3) is 6.08. The van der Waals surface area contributed by atoms with Crippen molar-refractivity contribution in [2.24, 2.45) is 5.10 Å². The number of hydrogen-bond donors (Lipinski definition) is 1. The molecule has 4 aromatic carbocycles. The summed E-state index contributed by atoms with van der Waals surface area (Å²) in [7, 11) is 1.55. The Morgan fingerprint density at radius 1 is 1.09 bits per heavy atom. The van der Waals surface area contributed by atoms with Gasteiger partial charge in [0.1, 0.15) is 11.3 Å². The molecular formula is C33H24BrN5O7. The summed E-state index contributed by atoms with van der Waals surface area (Å²) < 4.78 is 18.3. The number of anilines is 1. The van der Waals surface area contributed by atoms with Crippen LogP contribution in [0.1, 0.15) is 11.1 Å². The van der Waals surface area contributed by atoms with Crippen molar-refractivity contribution in [1.82, 2.24) is 9.66 Å². The van der Waals surface area contributed by atoms with E-state index >= 15 is 0 Å². The summed E-state index contributed by atoms with van der Waals surface area (Å²) in [6, 6.07) is 23.8. The van der Waals surface area contributed by atoms with Crippen LogP contribution in [0.3, 0.4) is 0 Å². The standard InChI is InChI=1S/C33H24BrN5O7/c1-19-10-12-21(13-11-19)36-30(40)18-45-31-24(34)14-20(15-26(31)39(42)43)17-35-38-32(37-25-7-4-3-6-22(25)33(38)41)29-16-23-27(44-2)8-5-9-28(23)46-29/h3-17H,18H2,1-2H3,(H,36,40). The quantitative estimate of drug-likeness (QED) is 0.101. The Bertz CT molecular complexity index is 2230. The lowest BCUT2D eigenvalue weighted by molar-refractivity contribution is -0.385. The van der Waals surface area contributed by atoms with Crippen molar-refractivity contribution in [3.05, 3.63) is 121 Å². The van der Waals surface area contributed by atoms with Gasteiger partial charge in [0.15, 0.2) is 12.4 Å². The molecule has 0 saturated carbocycles. The van der Waals surface area contributed by atoms with Gasteiger partial charge in [-0.15, -0.1) is 0 Å². The molecule has 1 N–H and O–H groups in total. The largest absolute Gasteiger partial charge is 0.496 e. The number of amides is 1. The molecule has 0 aliphatic rings. The van der Waals surface area contributed by atoms with Crippen LogP contribution in [0.2, 0.25) is 0 Å². The van der Waals surface area contributed by atoms with Crippen molar-refractivity contribution in [3.63, 3.8) is 0 Å². The fourth-order valence-corrected chi connectivity index (χ4v) is 5.34. The van der Waals surface area contributed by atoms with E-state index in [0.717, 1.165) is 10.2 Å². The lowest BCUT2D eigenvalue weighted by Gasteiger charge is -2.11. The number of para-hydroxylation sites is 1. The number of fused-ring (bicyclic) bond motifs is 2. The van der Waals surface area contributed by atoms with Gasteiger partial charge in [0.25, 0.3) is 11.5 Å². The van der Waals surface area contributed by atoms with Gasteiger partial charge in [0.05, 0.1) is 39.0 Å². The number of benzene rings is 4. The number of nitrogens with zero attached hydrogens (tertiary/aromatic N) is 4. The second kappa shape index (κ2) is 12.7. The average molecular weight is 682 g/mol. The highest BCUT2D eigenvalue weighted by Gasteiger charge is 2.22. The number of methoxy groups -OCH3 is 1. The number of nitro groups is 1. The lowest BCUT2D eigenvalue weighted by atomic mass is 10.2. The minimum atomic E-state index is -0.633. The van der Waals surface area contributed by atoms with Gasteiger partial charge in [-0.2, -0.15) is 9.78 Å². The maximum absolute atomic E-state index is 13.6. The van der Waals surface area contributed by atoms with Crippen LogP contribution < -0.4 is 20.3 Å². The normalized spacial score (nSPS) is 11.3. The first-order valence-electron chi connectivity index (χ1n) is 13.8. The summed E-state index contributed by atoms with van der Waals surface area (Å²) in [6.07, 6.45) is 1.29. The Balaban J connectivity index is 1.35. The van der Waals surface area contributed by atoms with Gasteiger partial charge in [-0.3, -0.25) is 19.7 Å². The van der Waals surface area contributed by atoms with E-state index in [1.165, 1.54) is 18.3 Å². The number of carbonyl (C=O) groups excluding carboxylic acids is 1. The molecule has 0 aliphatic carbocycles. The van der Waals surface area contributed by atoms with Crippen molar-refractivity contribution < 1.29 is 23.6 Å². The van der Waals surface area contributed by atoms with E-state index in [1.807, 2.05) is 19.1 Å². The molecular weight excluding hydrogens is 658 g/mol. The summed E-state index contributed by atoms with van der Waals surface area (Å²) >= 11 is 3.32. The van der Waals surface area contributed by atoms with Crippen LogP contribution in [0.15, 0.2) is 104 Å². The number of nitro benzene ring substituents is 1. The highest BCUT2D eigenvalue weighted by atomic mass is 79.9. The number of furan rings is 1. The van der Waals surface area contributed by atoms with Crippen LogP contribution in [-0.2, 0) is 4.79 Å². The maximum Gasteiger partial charge on any atom is 0.312 e. The molecule has 0 atom stereocenters. The summed E-state index contributed by atoms with van der Waals surface area (Å²) in [6.45, 7) is 1.46. The molecule has 13 heteroatoms. The minimum absolute atomic E-state index is 0.117. The summed E-state index contributed by atoms with van der Waals surface area (Å²) in [4.78, 5) is 42.1. The van der Waals surface area contributed by atoms with Gasteiger partial charge in [0, 0.05) is 17.3 Å². The van der Waals surface area contributed by atoms with Crippen molar-refractivity contribution in [2.75, 3.05) is 19.0 Å². The smallest absolute Gasteiger partial charge is 0.312 e. The maximum atomic E-state index is 13.6. The molecule has 6 aromatic rings. The zero-order valence-electron chi connectivity index (χ0n) is 24.4. The SMILES string of the molecule is COc1cccc2oc(-c3nc4ccccc4c(=O)n3N=Cc3cc(Br)c(OCC(=O)Nc4ccc(C)cc4)c([N+](=O)[O-])c3)cc12. The van der Waals surface area contributed by atoms with Crippen LogP contribution in [-0.4, -0.2) is 40.4 Å². The average Bonchev–Trinajstić information content (AvgIpc) is 3.49. The minimum Gasteiger partial charge on any atom is -0.496 e. The van der Waals surface area contributed by atoms with E-state index in [2.05, 4.69) is 31.3 Å². The summed E-state index contributed by atoms with van der Waals surface area (Å²) in [5.41, 5.74) is 1.95. The Kier molecular flexibility index (Phi) is 8.31. The van der Waals surface area contributed by atoms with Crippen LogP contribution in [0, 0.1) is 17.0 Å². The number of ether oxygens (including phenoxy) is 2. The number of hydrogen-bond acceptors (Lipinski definition) is 9. The number of rotatable bonds is 9. The second-order valence-electron chi connectivity index (χ2n) is 10.1. The topological polar surface area (TPSA) is 151 Å². The Labute approximate surface area is 269 Å². The molecule has 0 bridgehead atoms. The molecule has 1 amide bonds. The van der Waals surface area contributed by atoms with E-state index in [4.69, 9.17) is 13.9 Å². The lowest BCUT2D eigenvalue weighted by Crippen LogP contribution is -2.20. The zero-order chi connectivity index (χ0) is 32.4. The van der Waals surface area contributed by atoms with Gasteiger partial charge >= 0.3 is 5.69 Å². The molecule has 2 aromatic heterocycles. The predicted octanol–water partition coefficient (Wildman–Crippen LogP) is 6.70. The van der Waals surface area contributed by atoms with Gasteiger partial charge < -0.3 is 19.2 Å². The van der Waals surface area contributed by atoms with Gasteiger partial charge in [-0.1, -0.05) is 35.9 Å². The number of aryl methyl sites for hydroxylation is 1. The van der Waals surface area contributed by atoms with Crippen molar-refractivity contribution in [1.29, 1.82) is 0 Å².